The van der Waals surface area contributed by atoms with E-state index in [2.05, 4.69) is 10.5 Å². The number of nitrogens with zero attached hydrogens (tertiary/aromatic N) is 1. The molecule has 0 atom stereocenters. The van der Waals surface area contributed by atoms with Gasteiger partial charge in [0.1, 0.15) is 12.1 Å². The number of halogens is 1. The molecule has 4 nitrogen and oxygen atoms in total. The predicted molar refractivity (Wildman–Crippen MR) is 63.6 cm³/mol. The Kier molecular flexibility index (Phi) is 4.06. The summed E-state index contributed by atoms with van der Waals surface area (Å²) in [6.45, 7) is 0.557. The van der Waals surface area contributed by atoms with Crippen LogP contribution in [0.1, 0.15) is 22.3 Å². The molecule has 94 valence electrons. The van der Waals surface area contributed by atoms with Crippen molar-refractivity contribution in [2.75, 3.05) is 6.54 Å². The molecule has 1 heterocycles. The lowest BCUT2D eigenvalue weighted by Gasteiger charge is -2.04. The Morgan fingerprint density at radius 1 is 1.33 bits per heavy atom. The SMILES string of the molecule is O=C(NCCCc1cnoc1)c1ccc(F)cc1. The van der Waals surface area contributed by atoms with E-state index in [0.717, 1.165) is 18.4 Å². The van der Waals surface area contributed by atoms with Crippen molar-refractivity contribution < 1.29 is 13.7 Å². The summed E-state index contributed by atoms with van der Waals surface area (Å²) in [4.78, 5) is 11.7. The lowest BCUT2D eigenvalue weighted by atomic mass is 10.2. The minimum Gasteiger partial charge on any atom is -0.364 e. The maximum absolute atomic E-state index is 12.7. The predicted octanol–water partition coefficient (Wildman–Crippen LogP) is 2.18. The molecule has 1 aromatic carbocycles. The van der Waals surface area contributed by atoms with Crippen molar-refractivity contribution in [2.45, 2.75) is 12.8 Å². The number of carbonyl (C=O) groups is 1. The van der Waals surface area contributed by atoms with Gasteiger partial charge in [0.25, 0.3) is 5.91 Å². The molecule has 2 aromatic rings. The summed E-state index contributed by atoms with van der Waals surface area (Å²) in [5.74, 6) is -0.542. The van der Waals surface area contributed by atoms with Gasteiger partial charge in [0, 0.05) is 17.7 Å². The van der Waals surface area contributed by atoms with Crippen LogP contribution in [0.25, 0.3) is 0 Å². The zero-order valence-corrected chi connectivity index (χ0v) is 9.73. The first-order chi connectivity index (χ1) is 8.75. The third kappa shape index (κ3) is 3.41. The van der Waals surface area contributed by atoms with Gasteiger partial charge in [0.05, 0.1) is 6.20 Å². The second-order valence-electron chi connectivity index (χ2n) is 3.90. The number of hydrogen-bond donors (Lipinski definition) is 1. The molecule has 0 bridgehead atoms. The van der Waals surface area contributed by atoms with E-state index < -0.39 is 0 Å². The summed E-state index contributed by atoms with van der Waals surface area (Å²) < 4.78 is 17.4. The van der Waals surface area contributed by atoms with Gasteiger partial charge in [0.15, 0.2) is 0 Å². The first kappa shape index (κ1) is 12.3. The van der Waals surface area contributed by atoms with Crippen LogP contribution in [0.2, 0.25) is 0 Å². The maximum atomic E-state index is 12.7. The molecule has 0 saturated carbocycles. The second kappa shape index (κ2) is 5.95. The quantitative estimate of drug-likeness (QED) is 0.825. The van der Waals surface area contributed by atoms with E-state index in [-0.39, 0.29) is 11.7 Å². The van der Waals surface area contributed by atoms with Crippen LogP contribution >= 0.6 is 0 Å². The molecule has 0 aliphatic carbocycles. The number of nitrogens with one attached hydrogen (secondary N) is 1. The van der Waals surface area contributed by atoms with Gasteiger partial charge in [-0.3, -0.25) is 4.79 Å². The monoisotopic (exact) mass is 248 g/mol. The molecule has 0 aliphatic rings. The highest BCUT2D eigenvalue weighted by molar-refractivity contribution is 5.94. The van der Waals surface area contributed by atoms with Gasteiger partial charge in [-0.1, -0.05) is 5.16 Å². The largest absolute Gasteiger partial charge is 0.364 e. The number of rotatable bonds is 5. The van der Waals surface area contributed by atoms with E-state index in [9.17, 15) is 9.18 Å². The van der Waals surface area contributed by atoms with Crippen molar-refractivity contribution in [3.8, 4) is 0 Å². The summed E-state index contributed by atoms with van der Waals surface area (Å²) in [5, 5.41) is 6.36. The molecule has 18 heavy (non-hydrogen) atoms. The van der Waals surface area contributed by atoms with Gasteiger partial charge < -0.3 is 9.84 Å². The van der Waals surface area contributed by atoms with Gasteiger partial charge in [-0.2, -0.15) is 0 Å². The normalized spacial score (nSPS) is 10.3. The van der Waals surface area contributed by atoms with Crippen LogP contribution in [0.3, 0.4) is 0 Å². The van der Waals surface area contributed by atoms with E-state index in [1.165, 1.54) is 24.3 Å². The Morgan fingerprint density at radius 3 is 2.78 bits per heavy atom. The number of amides is 1. The Balaban J connectivity index is 1.73. The molecule has 5 heteroatoms. The summed E-state index contributed by atoms with van der Waals surface area (Å²) in [5.41, 5.74) is 1.47. The molecule has 0 unspecified atom stereocenters. The van der Waals surface area contributed by atoms with Gasteiger partial charge >= 0.3 is 0 Å². The number of benzene rings is 1. The Bertz CT molecular complexity index is 494. The minimum atomic E-state index is -0.348. The van der Waals surface area contributed by atoms with E-state index in [1.807, 2.05) is 0 Å². The summed E-state index contributed by atoms with van der Waals surface area (Å²) in [7, 11) is 0. The van der Waals surface area contributed by atoms with Crippen molar-refractivity contribution in [1.29, 1.82) is 0 Å². The van der Waals surface area contributed by atoms with Crippen LogP contribution in [0.5, 0.6) is 0 Å². The molecular formula is C13H13FN2O2. The maximum Gasteiger partial charge on any atom is 0.251 e. The highest BCUT2D eigenvalue weighted by Crippen LogP contribution is 2.03. The Hall–Kier alpha value is -2.17. The lowest BCUT2D eigenvalue weighted by molar-refractivity contribution is 0.0953. The highest BCUT2D eigenvalue weighted by atomic mass is 19.1. The van der Waals surface area contributed by atoms with Gasteiger partial charge in [-0.15, -0.1) is 0 Å². The number of carbonyl (C=O) groups excluding carboxylic acids is 1. The van der Waals surface area contributed by atoms with Crippen molar-refractivity contribution >= 4 is 5.91 Å². The standard InChI is InChI=1S/C13H13FN2O2/c14-12-5-3-11(4-6-12)13(17)15-7-1-2-10-8-16-18-9-10/h3-6,8-9H,1-2,7H2,(H,15,17). The van der Waals surface area contributed by atoms with Crippen molar-refractivity contribution in [3.05, 3.63) is 53.7 Å². The fourth-order valence-corrected chi connectivity index (χ4v) is 1.55. The molecule has 1 aromatic heterocycles. The van der Waals surface area contributed by atoms with E-state index >= 15 is 0 Å². The molecule has 0 saturated heterocycles. The van der Waals surface area contributed by atoms with Crippen LogP contribution < -0.4 is 5.32 Å². The zero-order chi connectivity index (χ0) is 12.8. The third-order valence-electron chi connectivity index (χ3n) is 2.52. The number of aromatic nitrogens is 1. The first-order valence-corrected chi connectivity index (χ1v) is 5.68. The molecular weight excluding hydrogens is 235 g/mol. The molecule has 0 spiro atoms. The zero-order valence-electron chi connectivity index (χ0n) is 9.73. The first-order valence-electron chi connectivity index (χ1n) is 5.68. The highest BCUT2D eigenvalue weighted by Gasteiger charge is 2.04. The van der Waals surface area contributed by atoms with E-state index in [1.54, 1.807) is 12.5 Å². The Morgan fingerprint density at radius 2 is 2.11 bits per heavy atom. The van der Waals surface area contributed by atoms with Gasteiger partial charge in [0.2, 0.25) is 0 Å². The minimum absolute atomic E-state index is 0.194. The molecule has 2 rings (SSSR count). The van der Waals surface area contributed by atoms with Crippen LogP contribution in [0.4, 0.5) is 4.39 Å². The fraction of sp³-hybridized carbons (Fsp3) is 0.231. The molecule has 1 N–H and O–H groups in total. The van der Waals surface area contributed by atoms with Crippen molar-refractivity contribution in [2.24, 2.45) is 0 Å². The summed E-state index contributed by atoms with van der Waals surface area (Å²) in [6.07, 6.45) is 4.84. The van der Waals surface area contributed by atoms with Crippen molar-refractivity contribution in [3.63, 3.8) is 0 Å². The van der Waals surface area contributed by atoms with E-state index in [4.69, 9.17) is 4.52 Å². The summed E-state index contributed by atoms with van der Waals surface area (Å²) >= 11 is 0. The van der Waals surface area contributed by atoms with Gasteiger partial charge in [-0.25, -0.2) is 4.39 Å². The Labute approximate surface area is 104 Å². The smallest absolute Gasteiger partial charge is 0.251 e. The third-order valence-corrected chi connectivity index (χ3v) is 2.52. The average molecular weight is 248 g/mol. The lowest BCUT2D eigenvalue weighted by Crippen LogP contribution is -2.24. The van der Waals surface area contributed by atoms with Crippen molar-refractivity contribution in [1.82, 2.24) is 10.5 Å². The van der Waals surface area contributed by atoms with Crippen LogP contribution in [-0.2, 0) is 6.42 Å². The van der Waals surface area contributed by atoms with Crippen LogP contribution in [0.15, 0.2) is 41.2 Å². The average Bonchev–Trinajstić information content (AvgIpc) is 2.88. The topological polar surface area (TPSA) is 55.1 Å². The fourth-order valence-electron chi connectivity index (χ4n) is 1.55. The molecule has 0 radical (unpaired) electrons. The van der Waals surface area contributed by atoms with Crippen LogP contribution in [0, 0.1) is 5.82 Å². The van der Waals surface area contributed by atoms with Gasteiger partial charge in [-0.05, 0) is 37.1 Å². The van der Waals surface area contributed by atoms with E-state index in [0.29, 0.717) is 12.1 Å². The molecule has 0 aliphatic heterocycles. The summed E-state index contributed by atoms with van der Waals surface area (Å²) in [6, 6.07) is 5.47. The molecule has 0 fully saturated rings. The number of aryl methyl sites for hydroxylation is 1. The van der Waals surface area contributed by atoms with Crippen LogP contribution in [-0.4, -0.2) is 17.6 Å². The number of hydrogen-bond acceptors (Lipinski definition) is 3. The second-order valence-corrected chi connectivity index (χ2v) is 3.90. The molecule has 1 amide bonds.